The molecule has 0 saturated heterocycles. The molecule has 90 valence electrons. The molecule has 0 aliphatic rings. The van der Waals surface area contributed by atoms with Crippen molar-refractivity contribution in [2.75, 3.05) is 0 Å². The number of thiophene rings is 1. The monoisotopic (exact) mass is 262 g/mol. The van der Waals surface area contributed by atoms with E-state index in [1.54, 1.807) is 23.7 Å². The highest BCUT2D eigenvalue weighted by molar-refractivity contribution is 7.17. The van der Waals surface area contributed by atoms with E-state index in [2.05, 4.69) is 23.2 Å². The van der Waals surface area contributed by atoms with Crippen molar-refractivity contribution in [3.63, 3.8) is 0 Å². The summed E-state index contributed by atoms with van der Waals surface area (Å²) in [6.45, 7) is 0. The fourth-order valence-corrected chi connectivity index (χ4v) is 2.94. The van der Waals surface area contributed by atoms with Crippen molar-refractivity contribution >= 4 is 33.1 Å². The number of benzene rings is 1. The molecule has 0 amide bonds. The first-order chi connectivity index (χ1) is 9.38. The number of hydrogen-bond donors (Lipinski definition) is 0. The maximum atomic E-state index is 9.39. The molecule has 0 spiro atoms. The van der Waals surface area contributed by atoms with Gasteiger partial charge in [-0.15, -0.1) is 11.3 Å². The minimum Gasteiger partial charge on any atom is -0.265 e. The molecule has 0 fully saturated rings. The summed E-state index contributed by atoms with van der Waals surface area (Å²) in [7, 11) is 0. The van der Waals surface area contributed by atoms with Crippen LogP contribution in [-0.4, -0.2) is 4.98 Å². The van der Waals surface area contributed by atoms with Crippen LogP contribution in [0.15, 0.2) is 54.2 Å². The van der Waals surface area contributed by atoms with Gasteiger partial charge in [0.15, 0.2) is 0 Å². The van der Waals surface area contributed by atoms with Crippen LogP contribution in [-0.2, 0) is 0 Å². The zero-order chi connectivity index (χ0) is 13.1. The normalized spacial score (nSPS) is 11.4. The summed E-state index contributed by atoms with van der Waals surface area (Å²) in [5, 5.41) is 12.6. The van der Waals surface area contributed by atoms with Gasteiger partial charge >= 0.3 is 0 Å². The predicted octanol–water partition coefficient (Wildman–Crippen LogP) is 4.36. The highest BCUT2D eigenvalue weighted by Gasteiger charge is 2.08. The standard InChI is InChI=1S/C16H10N2S/c17-10-13(9-12-5-7-18-8-6-12)15-11-19-16-4-2-1-3-14(15)16/h1-9,11H. The van der Waals surface area contributed by atoms with Crippen LogP contribution in [0, 0.1) is 11.3 Å². The number of aromatic nitrogens is 1. The van der Waals surface area contributed by atoms with Crippen LogP contribution in [0.5, 0.6) is 0 Å². The van der Waals surface area contributed by atoms with Gasteiger partial charge in [-0.2, -0.15) is 5.26 Å². The minimum absolute atomic E-state index is 0.684. The van der Waals surface area contributed by atoms with Gasteiger partial charge in [0.25, 0.3) is 0 Å². The quantitative estimate of drug-likeness (QED) is 0.643. The van der Waals surface area contributed by atoms with E-state index in [1.807, 2.05) is 35.7 Å². The average Bonchev–Trinajstić information content (AvgIpc) is 2.90. The van der Waals surface area contributed by atoms with E-state index in [-0.39, 0.29) is 0 Å². The van der Waals surface area contributed by atoms with Gasteiger partial charge in [-0.3, -0.25) is 4.98 Å². The second-order valence-electron chi connectivity index (χ2n) is 4.10. The van der Waals surface area contributed by atoms with E-state index in [9.17, 15) is 5.26 Å². The highest BCUT2D eigenvalue weighted by atomic mass is 32.1. The van der Waals surface area contributed by atoms with E-state index in [0.29, 0.717) is 5.57 Å². The van der Waals surface area contributed by atoms with E-state index in [1.165, 1.54) is 4.70 Å². The van der Waals surface area contributed by atoms with Gasteiger partial charge in [0.1, 0.15) is 0 Å². The predicted molar refractivity (Wildman–Crippen MR) is 79.5 cm³/mol. The Bertz CT molecular complexity index is 779. The molecule has 0 bridgehead atoms. The van der Waals surface area contributed by atoms with Crippen LogP contribution < -0.4 is 0 Å². The highest BCUT2D eigenvalue weighted by Crippen LogP contribution is 2.31. The van der Waals surface area contributed by atoms with E-state index in [4.69, 9.17) is 0 Å². The number of fused-ring (bicyclic) bond motifs is 1. The minimum atomic E-state index is 0.684. The topological polar surface area (TPSA) is 36.7 Å². The molecule has 2 aromatic heterocycles. The van der Waals surface area contributed by atoms with Crippen LogP contribution in [0.3, 0.4) is 0 Å². The van der Waals surface area contributed by atoms with Crippen LogP contribution in [0.4, 0.5) is 0 Å². The third-order valence-corrected chi connectivity index (χ3v) is 3.87. The molecule has 0 aliphatic heterocycles. The van der Waals surface area contributed by atoms with Gasteiger partial charge in [0.05, 0.1) is 11.6 Å². The Morgan fingerprint density at radius 1 is 1.16 bits per heavy atom. The Morgan fingerprint density at radius 3 is 2.74 bits per heavy atom. The lowest BCUT2D eigenvalue weighted by molar-refractivity contribution is 1.32. The summed E-state index contributed by atoms with van der Waals surface area (Å²) in [6.07, 6.45) is 5.36. The summed E-state index contributed by atoms with van der Waals surface area (Å²) in [4.78, 5) is 3.98. The SMILES string of the molecule is N#CC(=Cc1ccncc1)c1csc2ccccc12. The van der Waals surface area contributed by atoms with Crippen molar-refractivity contribution < 1.29 is 0 Å². The number of pyridine rings is 1. The van der Waals surface area contributed by atoms with Gasteiger partial charge in [-0.25, -0.2) is 0 Å². The van der Waals surface area contributed by atoms with Crippen molar-refractivity contribution in [1.29, 1.82) is 5.26 Å². The number of hydrogen-bond acceptors (Lipinski definition) is 3. The molecule has 0 unspecified atom stereocenters. The van der Waals surface area contributed by atoms with Gasteiger partial charge in [0, 0.05) is 33.4 Å². The average molecular weight is 262 g/mol. The molecule has 3 heteroatoms. The maximum absolute atomic E-state index is 9.39. The molecule has 3 rings (SSSR count). The van der Waals surface area contributed by atoms with Crippen LogP contribution in [0.2, 0.25) is 0 Å². The van der Waals surface area contributed by atoms with Crippen molar-refractivity contribution in [3.8, 4) is 6.07 Å². The molecule has 2 heterocycles. The first-order valence-electron chi connectivity index (χ1n) is 5.87. The van der Waals surface area contributed by atoms with Crippen molar-refractivity contribution in [2.45, 2.75) is 0 Å². The Morgan fingerprint density at radius 2 is 1.95 bits per heavy atom. The van der Waals surface area contributed by atoms with Crippen LogP contribution in [0.1, 0.15) is 11.1 Å². The largest absolute Gasteiger partial charge is 0.265 e. The Hall–Kier alpha value is -2.44. The summed E-state index contributed by atoms with van der Waals surface area (Å²) in [5.41, 5.74) is 2.67. The van der Waals surface area contributed by atoms with Crippen LogP contribution >= 0.6 is 11.3 Å². The van der Waals surface area contributed by atoms with E-state index < -0.39 is 0 Å². The Balaban J connectivity index is 2.14. The molecule has 3 aromatic rings. The molecule has 2 nitrogen and oxygen atoms in total. The molecule has 19 heavy (non-hydrogen) atoms. The first kappa shape index (κ1) is 11.6. The van der Waals surface area contributed by atoms with Crippen LogP contribution in [0.25, 0.3) is 21.7 Å². The molecule has 0 saturated carbocycles. The number of nitriles is 1. The Labute approximate surface area is 115 Å². The lowest BCUT2D eigenvalue weighted by Crippen LogP contribution is -1.80. The Kier molecular flexibility index (Phi) is 3.09. The molecule has 1 aromatic carbocycles. The number of nitrogens with zero attached hydrogens (tertiary/aromatic N) is 2. The zero-order valence-electron chi connectivity index (χ0n) is 10.1. The fourth-order valence-electron chi connectivity index (χ4n) is 1.98. The summed E-state index contributed by atoms with van der Waals surface area (Å²) in [5.74, 6) is 0. The van der Waals surface area contributed by atoms with Crippen molar-refractivity contribution in [1.82, 2.24) is 4.98 Å². The van der Waals surface area contributed by atoms with Crippen molar-refractivity contribution in [3.05, 3.63) is 65.3 Å². The molecule has 0 atom stereocenters. The lowest BCUT2D eigenvalue weighted by Gasteiger charge is -1.98. The smallest absolute Gasteiger partial charge is 0.0998 e. The van der Waals surface area contributed by atoms with Gasteiger partial charge in [-0.1, -0.05) is 18.2 Å². The second-order valence-corrected chi connectivity index (χ2v) is 5.01. The third kappa shape index (κ3) is 2.26. The first-order valence-corrected chi connectivity index (χ1v) is 6.75. The van der Waals surface area contributed by atoms with Gasteiger partial charge in [-0.05, 0) is 29.8 Å². The molecular formula is C16H10N2S. The zero-order valence-corrected chi connectivity index (χ0v) is 10.9. The second kappa shape index (κ2) is 5.05. The van der Waals surface area contributed by atoms with Gasteiger partial charge in [0.2, 0.25) is 0 Å². The fraction of sp³-hybridized carbons (Fsp3) is 0. The lowest BCUT2D eigenvalue weighted by atomic mass is 10.0. The molecule has 0 aliphatic carbocycles. The summed E-state index contributed by atoms with van der Waals surface area (Å²) < 4.78 is 1.20. The van der Waals surface area contributed by atoms with E-state index >= 15 is 0 Å². The maximum Gasteiger partial charge on any atom is 0.0998 e. The van der Waals surface area contributed by atoms with Crippen molar-refractivity contribution in [2.24, 2.45) is 0 Å². The number of rotatable bonds is 2. The molecule has 0 radical (unpaired) electrons. The molecule has 0 N–H and O–H groups in total. The number of allylic oxidation sites excluding steroid dienone is 1. The summed E-state index contributed by atoms with van der Waals surface area (Å²) >= 11 is 1.66. The summed E-state index contributed by atoms with van der Waals surface area (Å²) in [6, 6.07) is 14.2. The molecular weight excluding hydrogens is 252 g/mol. The van der Waals surface area contributed by atoms with Gasteiger partial charge < -0.3 is 0 Å². The van der Waals surface area contributed by atoms with E-state index in [0.717, 1.165) is 16.5 Å². The third-order valence-electron chi connectivity index (χ3n) is 2.91.